The molecule has 2 aromatic carbocycles. The van der Waals surface area contributed by atoms with Crippen LogP contribution in [0.15, 0.2) is 54.6 Å². The van der Waals surface area contributed by atoms with Gasteiger partial charge < -0.3 is 10.1 Å². The summed E-state index contributed by atoms with van der Waals surface area (Å²) < 4.78 is 0. The predicted octanol–water partition coefficient (Wildman–Crippen LogP) is 4.16. The average Bonchev–Trinajstić information content (AvgIpc) is 2.91. The van der Waals surface area contributed by atoms with E-state index in [9.17, 15) is 5.11 Å². The topological polar surface area (TPSA) is 48.0 Å². The van der Waals surface area contributed by atoms with E-state index >= 15 is 0 Å². The van der Waals surface area contributed by atoms with E-state index in [1.807, 2.05) is 61.5 Å². The number of H-pyrrole nitrogens is 1. The Hall–Kier alpha value is -1.81. The van der Waals surface area contributed by atoms with Crippen molar-refractivity contribution in [2.75, 3.05) is 0 Å². The Morgan fingerprint density at radius 1 is 1.10 bits per heavy atom. The molecule has 0 aliphatic carbocycles. The summed E-state index contributed by atoms with van der Waals surface area (Å²) in [5.74, 6) is 0. The maximum atomic E-state index is 10.3. The van der Waals surface area contributed by atoms with Crippen LogP contribution in [0.3, 0.4) is 0 Å². The quantitative estimate of drug-likeness (QED) is 0.634. The van der Waals surface area contributed by atoms with Crippen LogP contribution in [0.25, 0.3) is 10.9 Å². The molecule has 0 amide bonds. The highest BCUT2D eigenvalue weighted by atomic mass is 35.5. The molecule has 0 bridgehead atoms. The Balaban J connectivity index is 1.79. The van der Waals surface area contributed by atoms with Crippen molar-refractivity contribution >= 4 is 22.5 Å². The van der Waals surface area contributed by atoms with Crippen LogP contribution in [0.5, 0.6) is 0 Å². The number of hydrogen-bond acceptors (Lipinski definition) is 2. The summed E-state index contributed by atoms with van der Waals surface area (Å²) in [7, 11) is 0. The van der Waals surface area contributed by atoms with E-state index in [0.717, 1.165) is 22.2 Å². The number of hydrogen-bond donors (Lipinski definition) is 3. The SMILES string of the molecule is C[C@@H](NC(O)c1cc2cc(Cl)ccc2[nH]1)c1ccccc1. The van der Waals surface area contributed by atoms with Gasteiger partial charge in [-0.25, -0.2) is 0 Å². The molecule has 21 heavy (non-hydrogen) atoms. The number of nitrogens with one attached hydrogen (secondary N) is 2. The molecule has 0 radical (unpaired) electrons. The van der Waals surface area contributed by atoms with Gasteiger partial charge in [0.2, 0.25) is 0 Å². The van der Waals surface area contributed by atoms with Crippen molar-refractivity contribution in [3.05, 3.63) is 70.9 Å². The first-order chi connectivity index (χ1) is 10.1. The third-order valence-corrected chi connectivity index (χ3v) is 3.84. The molecular weight excluding hydrogens is 284 g/mol. The maximum Gasteiger partial charge on any atom is 0.146 e. The van der Waals surface area contributed by atoms with Gasteiger partial charge in [-0.15, -0.1) is 0 Å². The number of aromatic nitrogens is 1. The zero-order chi connectivity index (χ0) is 14.8. The Morgan fingerprint density at radius 3 is 2.62 bits per heavy atom. The second-order valence-corrected chi connectivity index (χ2v) is 5.59. The summed E-state index contributed by atoms with van der Waals surface area (Å²) in [6.45, 7) is 2.03. The van der Waals surface area contributed by atoms with Gasteiger partial charge in [-0.1, -0.05) is 41.9 Å². The molecule has 4 heteroatoms. The second-order valence-electron chi connectivity index (χ2n) is 5.16. The molecule has 3 N–H and O–H groups in total. The fourth-order valence-electron chi connectivity index (χ4n) is 2.44. The minimum absolute atomic E-state index is 0.0520. The highest BCUT2D eigenvalue weighted by Crippen LogP contribution is 2.24. The predicted molar refractivity (Wildman–Crippen MR) is 86.3 cm³/mol. The fourth-order valence-corrected chi connectivity index (χ4v) is 2.62. The molecule has 108 valence electrons. The molecule has 0 spiro atoms. The first-order valence-electron chi connectivity index (χ1n) is 6.91. The summed E-state index contributed by atoms with van der Waals surface area (Å²) in [5, 5.41) is 15.2. The molecule has 1 heterocycles. The number of aromatic amines is 1. The lowest BCUT2D eigenvalue weighted by Gasteiger charge is -2.18. The summed E-state index contributed by atoms with van der Waals surface area (Å²) >= 11 is 5.98. The smallest absolute Gasteiger partial charge is 0.146 e. The Kier molecular flexibility index (Phi) is 3.97. The molecule has 0 aliphatic rings. The van der Waals surface area contributed by atoms with Gasteiger partial charge in [0.1, 0.15) is 6.23 Å². The minimum Gasteiger partial charge on any atom is -0.373 e. The summed E-state index contributed by atoms with van der Waals surface area (Å²) in [6.07, 6.45) is -0.758. The van der Waals surface area contributed by atoms with E-state index in [1.165, 1.54) is 0 Å². The number of aliphatic hydroxyl groups is 1. The lowest BCUT2D eigenvalue weighted by molar-refractivity contribution is 0.122. The van der Waals surface area contributed by atoms with Crippen LogP contribution in [-0.2, 0) is 0 Å². The minimum atomic E-state index is -0.758. The number of aliphatic hydroxyl groups excluding tert-OH is 1. The van der Waals surface area contributed by atoms with Crippen molar-refractivity contribution in [1.29, 1.82) is 0 Å². The fraction of sp³-hybridized carbons (Fsp3) is 0.176. The van der Waals surface area contributed by atoms with E-state index in [4.69, 9.17) is 11.6 Å². The summed E-state index contributed by atoms with van der Waals surface area (Å²) in [5.41, 5.74) is 2.83. The molecule has 3 nitrogen and oxygen atoms in total. The van der Waals surface area contributed by atoms with Crippen molar-refractivity contribution in [2.45, 2.75) is 19.2 Å². The Bertz CT molecular complexity index is 739. The van der Waals surface area contributed by atoms with Crippen molar-refractivity contribution < 1.29 is 5.11 Å². The van der Waals surface area contributed by atoms with Crippen LogP contribution >= 0.6 is 11.6 Å². The van der Waals surface area contributed by atoms with E-state index in [-0.39, 0.29) is 6.04 Å². The molecule has 0 aliphatic heterocycles. The van der Waals surface area contributed by atoms with E-state index in [1.54, 1.807) is 0 Å². The highest BCUT2D eigenvalue weighted by molar-refractivity contribution is 6.31. The molecule has 1 unspecified atom stereocenters. The molecule has 2 atom stereocenters. The van der Waals surface area contributed by atoms with Crippen LogP contribution in [0.4, 0.5) is 0 Å². The van der Waals surface area contributed by atoms with Gasteiger partial charge in [-0.05, 0) is 36.8 Å². The van der Waals surface area contributed by atoms with Crippen molar-refractivity contribution in [1.82, 2.24) is 10.3 Å². The molecule has 1 aromatic heterocycles. The molecule has 3 rings (SSSR count). The number of benzene rings is 2. The van der Waals surface area contributed by atoms with Crippen LogP contribution in [0.1, 0.15) is 30.5 Å². The normalized spacial score (nSPS) is 14.2. The van der Waals surface area contributed by atoms with Crippen LogP contribution in [-0.4, -0.2) is 10.1 Å². The maximum absolute atomic E-state index is 10.3. The van der Waals surface area contributed by atoms with Crippen molar-refractivity contribution in [3.63, 3.8) is 0 Å². The zero-order valence-corrected chi connectivity index (χ0v) is 12.4. The van der Waals surface area contributed by atoms with Gasteiger partial charge in [0, 0.05) is 22.0 Å². The van der Waals surface area contributed by atoms with Gasteiger partial charge in [-0.2, -0.15) is 0 Å². The Morgan fingerprint density at radius 2 is 1.86 bits per heavy atom. The van der Waals surface area contributed by atoms with Gasteiger partial charge >= 0.3 is 0 Å². The van der Waals surface area contributed by atoms with Crippen molar-refractivity contribution in [3.8, 4) is 0 Å². The van der Waals surface area contributed by atoms with Crippen LogP contribution in [0.2, 0.25) is 5.02 Å². The Labute approximate surface area is 128 Å². The second kappa shape index (κ2) is 5.90. The summed E-state index contributed by atoms with van der Waals surface area (Å²) in [6, 6.07) is 17.6. The monoisotopic (exact) mass is 300 g/mol. The average molecular weight is 301 g/mol. The first-order valence-corrected chi connectivity index (χ1v) is 7.28. The zero-order valence-electron chi connectivity index (χ0n) is 11.7. The van der Waals surface area contributed by atoms with Crippen molar-refractivity contribution in [2.24, 2.45) is 0 Å². The lowest BCUT2D eigenvalue weighted by Crippen LogP contribution is -2.24. The van der Waals surface area contributed by atoms with E-state index < -0.39 is 6.23 Å². The molecule has 3 aromatic rings. The first kappa shape index (κ1) is 14.1. The third kappa shape index (κ3) is 3.10. The third-order valence-electron chi connectivity index (χ3n) is 3.61. The molecule has 0 saturated carbocycles. The van der Waals surface area contributed by atoms with Gasteiger partial charge in [0.05, 0.1) is 5.69 Å². The largest absolute Gasteiger partial charge is 0.373 e. The van der Waals surface area contributed by atoms with Gasteiger partial charge in [0.25, 0.3) is 0 Å². The highest BCUT2D eigenvalue weighted by Gasteiger charge is 2.14. The number of halogens is 1. The van der Waals surface area contributed by atoms with Gasteiger partial charge in [0.15, 0.2) is 0 Å². The van der Waals surface area contributed by atoms with E-state index in [0.29, 0.717) is 5.02 Å². The van der Waals surface area contributed by atoms with Gasteiger partial charge in [-0.3, -0.25) is 5.32 Å². The number of fused-ring (bicyclic) bond motifs is 1. The standard InChI is InChI=1S/C17H17ClN2O/c1-11(12-5-3-2-4-6-12)19-17(21)16-10-13-9-14(18)7-8-15(13)20-16/h2-11,17,19-21H,1H3/t11-,17?/m1/s1. The molecule has 0 fully saturated rings. The van der Waals surface area contributed by atoms with Crippen LogP contribution < -0.4 is 5.32 Å². The summed E-state index contributed by atoms with van der Waals surface area (Å²) in [4.78, 5) is 3.21. The molecule has 0 saturated heterocycles. The van der Waals surface area contributed by atoms with Crippen LogP contribution in [0, 0.1) is 0 Å². The lowest BCUT2D eigenvalue weighted by atomic mass is 10.1. The number of rotatable bonds is 4. The molecular formula is C17H17ClN2O. The van der Waals surface area contributed by atoms with E-state index in [2.05, 4.69) is 10.3 Å².